The van der Waals surface area contributed by atoms with Crippen molar-refractivity contribution in [1.29, 1.82) is 0 Å². The van der Waals surface area contributed by atoms with Crippen LogP contribution in [-0.4, -0.2) is 42.7 Å². The SMILES string of the molecule is CN(CCCCCO)C(=O)CCCN. The van der Waals surface area contributed by atoms with Crippen molar-refractivity contribution in [3.05, 3.63) is 0 Å². The van der Waals surface area contributed by atoms with Crippen LogP contribution < -0.4 is 5.73 Å². The average molecular weight is 202 g/mol. The standard InChI is InChI=1S/C10H22N2O2/c1-12(8-3-2-4-9-13)10(14)6-5-7-11/h13H,2-9,11H2,1H3. The summed E-state index contributed by atoms with van der Waals surface area (Å²) in [5.41, 5.74) is 5.32. The van der Waals surface area contributed by atoms with Crippen LogP contribution in [0.3, 0.4) is 0 Å². The highest BCUT2D eigenvalue weighted by Crippen LogP contribution is 1.99. The minimum absolute atomic E-state index is 0.166. The Morgan fingerprint density at radius 3 is 2.57 bits per heavy atom. The quantitative estimate of drug-likeness (QED) is 0.558. The van der Waals surface area contributed by atoms with Crippen molar-refractivity contribution in [3.63, 3.8) is 0 Å². The molecule has 0 aliphatic heterocycles. The summed E-state index contributed by atoms with van der Waals surface area (Å²) in [5.74, 6) is 0.166. The van der Waals surface area contributed by atoms with E-state index in [1.54, 1.807) is 4.90 Å². The minimum atomic E-state index is 0.166. The summed E-state index contributed by atoms with van der Waals surface area (Å²) in [6, 6.07) is 0. The molecular weight excluding hydrogens is 180 g/mol. The molecule has 84 valence electrons. The molecule has 4 nitrogen and oxygen atoms in total. The van der Waals surface area contributed by atoms with Gasteiger partial charge in [-0.1, -0.05) is 0 Å². The lowest BCUT2D eigenvalue weighted by Gasteiger charge is -2.16. The molecule has 3 N–H and O–H groups in total. The van der Waals surface area contributed by atoms with Gasteiger partial charge in [0, 0.05) is 26.6 Å². The van der Waals surface area contributed by atoms with Gasteiger partial charge in [0.05, 0.1) is 0 Å². The van der Waals surface area contributed by atoms with Gasteiger partial charge in [-0.25, -0.2) is 0 Å². The molecule has 14 heavy (non-hydrogen) atoms. The molecule has 0 saturated carbocycles. The Labute approximate surface area is 86.1 Å². The topological polar surface area (TPSA) is 66.6 Å². The lowest BCUT2D eigenvalue weighted by molar-refractivity contribution is -0.130. The summed E-state index contributed by atoms with van der Waals surface area (Å²) < 4.78 is 0. The van der Waals surface area contributed by atoms with E-state index in [-0.39, 0.29) is 12.5 Å². The van der Waals surface area contributed by atoms with Crippen molar-refractivity contribution >= 4 is 5.91 Å². The van der Waals surface area contributed by atoms with Gasteiger partial charge in [-0.15, -0.1) is 0 Å². The van der Waals surface area contributed by atoms with Gasteiger partial charge < -0.3 is 15.7 Å². The number of nitrogens with two attached hydrogens (primary N) is 1. The second-order valence-electron chi connectivity index (χ2n) is 3.49. The molecule has 0 aliphatic carbocycles. The van der Waals surface area contributed by atoms with E-state index >= 15 is 0 Å². The first-order valence-electron chi connectivity index (χ1n) is 5.27. The zero-order valence-electron chi connectivity index (χ0n) is 9.04. The van der Waals surface area contributed by atoms with E-state index in [2.05, 4.69) is 0 Å². The molecule has 0 spiro atoms. The predicted octanol–water partition coefficient (Wildman–Crippen LogP) is 0.346. The summed E-state index contributed by atoms with van der Waals surface area (Å²) in [7, 11) is 1.82. The van der Waals surface area contributed by atoms with Crippen LogP contribution in [0.2, 0.25) is 0 Å². The number of aliphatic hydroxyl groups excluding tert-OH is 1. The Balaban J connectivity index is 3.42. The number of hydrogen-bond acceptors (Lipinski definition) is 3. The molecule has 0 atom stereocenters. The summed E-state index contributed by atoms with van der Waals surface area (Å²) in [6.07, 6.45) is 4.08. The lowest BCUT2D eigenvalue weighted by atomic mass is 10.2. The number of hydrogen-bond donors (Lipinski definition) is 2. The van der Waals surface area contributed by atoms with Gasteiger partial charge in [0.25, 0.3) is 0 Å². The van der Waals surface area contributed by atoms with Crippen LogP contribution >= 0.6 is 0 Å². The lowest BCUT2D eigenvalue weighted by Crippen LogP contribution is -2.28. The van der Waals surface area contributed by atoms with Crippen LogP contribution in [0, 0.1) is 0 Å². The molecule has 0 heterocycles. The van der Waals surface area contributed by atoms with E-state index < -0.39 is 0 Å². The predicted molar refractivity (Wildman–Crippen MR) is 56.9 cm³/mol. The van der Waals surface area contributed by atoms with Gasteiger partial charge in [0.15, 0.2) is 0 Å². The Kier molecular flexibility index (Phi) is 8.57. The van der Waals surface area contributed by atoms with E-state index in [1.165, 1.54) is 0 Å². The van der Waals surface area contributed by atoms with Crippen molar-refractivity contribution in [2.24, 2.45) is 5.73 Å². The second kappa shape index (κ2) is 8.97. The highest BCUT2D eigenvalue weighted by Gasteiger charge is 2.06. The summed E-state index contributed by atoms with van der Waals surface area (Å²) >= 11 is 0. The van der Waals surface area contributed by atoms with Crippen LogP contribution in [0.5, 0.6) is 0 Å². The molecule has 0 aromatic rings. The van der Waals surface area contributed by atoms with E-state index in [4.69, 9.17) is 10.8 Å². The summed E-state index contributed by atoms with van der Waals surface area (Å²) in [6.45, 7) is 1.60. The highest BCUT2D eigenvalue weighted by atomic mass is 16.2. The van der Waals surface area contributed by atoms with E-state index in [9.17, 15) is 4.79 Å². The van der Waals surface area contributed by atoms with E-state index in [0.717, 1.165) is 32.2 Å². The Hall–Kier alpha value is -0.610. The zero-order valence-corrected chi connectivity index (χ0v) is 9.04. The van der Waals surface area contributed by atoms with Crippen LogP contribution in [0.15, 0.2) is 0 Å². The maximum atomic E-state index is 11.4. The fourth-order valence-corrected chi connectivity index (χ4v) is 1.21. The third-order valence-electron chi connectivity index (χ3n) is 2.17. The maximum Gasteiger partial charge on any atom is 0.222 e. The third kappa shape index (κ3) is 6.86. The second-order valence-corrected chi connectivity index (χ2v) is 3.49. The van der Waals surface area contributed by atoms with E-state index in [1.807, 2.05) is 7.05 Å². The molecule has 0 aliphatic rings. The molecule has 0 rings (SSSR count). The number of amides is 1. The molecule has 0 aromatic heterocycles. The van der Waals surface area contributed by atoms with E-state index in [0.29, 0.717) is 13.0 Å². The normalized spacial score (nSPS) is 10.2. The molecule has 0 aromatic carbocycles. The van der Waals surface area contributed by atoms with Gasteiger partial charge in [-0.05, 0) is 32.2 Å². The highest BCUT2D eigenvalue weighted by molar-refractivity contribution is 5.75. The molecule has 4 heteroatoms. The zero-order chi connectivity index (χ0) is 10.8. The summed E-state index contributed by atoms with van der Waals surface area (Å²) in [5, 5.41) is 8.56. The smallest absolute Gasteiger partial charge is 0.222 e. The first-order chi connectivity index (χ1) is 6.72. The van der Waals surface area contributed by atoms with Crippen LogP contribution in [-0.2, 0) is 4.79 Å². The molecular formula is C10H22N2O2. The number of carbonyl (C=O) groups is 1. The van der Waals surface area contributed by atoms with Crippen molar-refractivity contribution in [2.75, 3.05) is 26.7 Å². The fraction of sp³-hybridized carbons (Fsp3) is 0.900. The molecule has 0 bridgehead atoms. The molecule has 1 amide bonds. The first-order valence-corrected chi connectivity index (χ1v) is 5.27. The summed E-state index contributed by atoms with van der Waals surface area (Å²) in [4.78, 5) is 13.1. The molecule has 0 fully saturated rings. The molecule has 0 radical (unpaired) electrons. The number of aliphatic hydroxyl groups is 1. The number of nitrogens with zero attached hydrogens (tertiary/aromatic N) is 1. The third-order valence-corrected chi connectivity index (χ3v) is 2.17. The maximum absolute atomic E-state index is 11.4. The van der Waals surface area contributed by atoms with Crippen LogP contribution in [0.1, 0.15) is 32.1 Å². The van der Waals surface area contributed by atoms with Gasteiger partial charge in [-0.2, -0.15) is 0 Å². The fourth-order valence-electron chi connectivity index (χ4n) is 1.21. The van der Waals surface area contributed by atoms with Crippen LogP contribution in [0.4, 0.5) is 0 Å². The molecule has 0 unspecified atom stereocenters. The Morgan fingerprint density at radius 2 is 2.00 bits per heavy atom. The largest absolute Gasteiger partial charge is 0.396 e. The van der Waals surface area contributed by atoms with Gasteiger partial charge in [-0.3, -0.25) is 4.79 Å². The number of rotatable bonds is 8. The first kappa shape index (κ1) is 13.4. The van der Waals surface area contributed by atoms with Gasteiger partial charge in [0.1, 0.15) is 0 Å². The average Bonchev–Trinajstić information content (AvgIpc) is 2.20. The number of carbonyl (C=O) groups excluding carboxylic acids is 1. The molecule has 0 saturated heterocycles. The van der Waals surface area contributed by atoms with Crippen LogP contribution in [0.25, 0.3) is 0 Å². The van der Waals surface area contributed by atoms with Crippen molar-refractivity contribution in [3.8, 4) is 0 Å². The van der Waals surface area contributed by atoms with Crippen molar-refractivity contribution in [2.45, 2.75) is 32.1 Å². The monoisotopic (exact) mass is 202 g/mol. The number of unbranched alkanes of at least 4 members (excludes halogenated alkanes) is 2. The Morgan fingerprint density at radius 1 is 1.29 bits per heavy atom. The van der Waals surface area contributed by atoms with Crippen molar-refractivity contribution in [1.82, 2.24) is 4.90 Å². The van der Waals surface area contributed by atoms with Crippen molar-refractivity contribution < 1.29 is 9.90 Å². The Bertz CT molecular complexity index is 151. The van der Waals surface area contributed by atoms with Gasteiger partial charge >= 0.3 is 0 Å². The van der Waals surface area contributed by atoms with Gasteiger partial charge in [0.2, 0.25) is 5.91 Å². The minimum Gasteiger partial charge on any atom is -0.396 e.